The predicted molar refractivity (Wildman–Crippen MR) is 68.0 cm³/mol. The Bertz CT molecular complexity index is 375. The molecule has 0 bridgehead atoms. The van der Waals surface area contributed by atoms with Crippen LogP contribution in [0, 0.1) is 0 Å². The maximum Gasteiger partial charge on any atom is 0.335 e. The van der Waals surface area contributed by atoms with Crippen LogP contribution < -0.4 is 10.1 Å². The van der Waals surface area contributed by atoms with Crippen LogP contribution in [0.3, 0.4) is 0 Å². The second-order valence-electron chi connectivity index (χ2n) is 4.36. The topological polar surface area (TPSA) is 78.8 Å². The van der Waals surface area contributed by atoms with Gasteiger partial charge in [0.2, 0.25) is 0 Å². The minimum atomic E-state index is -0.970. The smallest absolute Gasteiger partial charge is 0.335 e. The van der Waals surface area contributed by atoms with E-state index >= 15 is 0 Å². The first-order chi connectivity index (χ1) is 8.49. The molecule has 18 heavy (non-hydrogen) atoms. The van der Waals surface area contributed by atoms with Gasteiger partial charge in [0.15, 0.2) is 0 Å². The molecule has 0 heterocycles. The van der Waals surface area contributed by atoms with Crippen LogP contribution in [0.1, 0.15) is 24.2 Å². The molecule has 0 unspecified atom stereocenters. The highest BCUT2D eigenvalue weighted by atomic mass is 16.5. The molecule has 1 aromatic rings. The summed E-state index contributed by atoms with van der Waals surface area (Å²) in [6, 6.07) is 6.40. The van der Waals surface area contributed by atoms with Crippen molar-refractivity contribution in [2.75, 3.05) is 13.2 Å². The van der Waals surface area contributed by atoms with Crippen molar-refractivity contribution in [2.45, 2.75) is 26.0 Å². The lowest BCUT2D eigenvalue weighted by Gasteiger charge is -2.15. The van der Waals surface area contributed by atoms with E-state index in [2.05, 4.69) is 5.32 Å². The number of aromatic carboxylic acids is 1. The van der Waals surface area contributed by atoms with E-state index in [0.29, 0.717) is 18.3 Å². The molecule has 0 aliphatic heterocycles. The van der Waals surface area contributed by atoms with Gasteiger partial charge in [-0.3, -0.25) is 0 Å². The molecule has 1 aromatic carbocycles. The lowest BCUT2D eigenvalue weighted by atomic mass is 10.2. The van der Waals surface area contributed by atoms with E-state index in [1.165, 1.54) is 12.1 Å². The molecule has 5 nitrogen and oxygen atoms in total. The molecule has 0 aliphatic rings. The first-order valence-corrected chi connectivity index (χ1v) is 5.86. The van der Waals surface area contributed by atoms with E-state index in [1.54, 1.807) is 12.1 Å². The van der Waals surface area contributed by atoms with Crippen molar-refractivity contribution in [3.05, 3.63) is 29.8 Å². The predicted octanol–water partition coefficient (Wildman–Crippen LogP) is 1.12. The standard InChI is InChI=1S/C13H19NO4/c1-9(2)14-7-11(15)8-18-12-5-3-10(4-6-12)13(16)17/h3-6,9,11,14-15H,7-8H2,1-2H3,(H,16,17)/t11-/m1/s1. The number of carboxylic acids is 1. The van der Waals surface area contributed by atoms with E-state index < -0.39 is 12.1 Å². The molecule has 5 heteroatoms. The van der Waals surface area contributed by atoms with Crippen molar-refractivity contribution in [2.24, 2.45) is 0 Å². The summed E-state index contributed by atoms with van der Waals surface area (Å²) in [7, 11) is 0. The number of carboxylic acid groups (broad SMARTS) is 1. The van der Waals surface area contributed by atoms with Gasteiger partial charge in [0.05, 0.1) is 5.56 Å². The van der Waals surface area contributed by atoms with Crippen LogP contribution >= 0.6 is 0 Å². The Morgan fingerprint density at radius 3 is 2.44 bits per heavy atom. The lowest BCUT2D eigenvalue weighted by Crippen LogP contribution is -2.35. The quantitative estimate of drug-likeness (QED) is 0.678. The van der Waals surface area contributed by atoms with Gasteiger partial charge in [-0.15, -0.1) is 0 Å². The molecule has 0 radical (unpaired) electrons. The Morgan fingerprint density at radius 2 is 1.94 bits per heavy atom. The maximum atomic E-state index is 10.6. The van der Waals surface area contributed by atoms with Crippen LogP contribution in [-0.2, 0) is 0 Å². The molecule has 0 saturated carbocycles. The fourth-order valence-corrected chi connectivity index (χ4v) is 1.32. The van der Waals surface area contributed by atoms with Crippen molar-refractivity contribution in [3.63, 3.8) is 0 Å². The van der Waals surface area contributed by atoms with Gasteiger partial charge in [0.1, 0.15) is 18.5 Å². The Hall–Kier alpha value is -1.59. The molecule has 0 spiro atoms. The normalized spacial score (nSPS) is 12.4. The van der Waals surface area contributed by atoms with Gasteiger partial charge < -0.3 is 20.3 Å². The van der Waals surface area contributed by atoms with Crippen molar-refractivity contribution in [3.8, 4) is 5.75 Å². The number of ether oxygens (including phenoxy) is 1. The Balaban J connectivity index is 2.36. The van der Waals surface area contributed by atoms with Crippen molar-refractivity contribution in [1.82, 2.24) is 5.32 Å². The number of carbonyl (C=O) groups is 1. The third kappa shape index (κ3) is 5.16. The molecule has 1 atom stereocenters. The molecule has 100 valence electrons. The van der Waals surface area contributed by atoms with Gasteiger partial charge in [-0.1, -0.05) is 13.8 Å². The van der Waals surface area contributed by atoms with E-state index in [4.69, 9.17) is 9.84 Å². The number of aliphatic hydroxyl groups excluding tert-OH is 1. The van der Waals surface area contributed by atoms with Crippen LogP contribution in [0.4, 0.5) is 0 Å². The van der Waals surface area contributed by atoms with Gasteiger partial charge in [-0.25, -0.2) is 4.79 Å². The van der Waals surface area contributed by atoms with Gasteiger partial charge in [-0.05, 0) is 24.3 Å². The molecule has 0 fully saturated rings. The second-order valence-corrected chi connectivity index (χ2v) is 4.36. The molecule has 0 amide bonds. The Labute approximate surface area is 106 Å². The summed E-state index contributed by atoms with van der Waals surface area (Å²) in [4.78, 5) is 10.6. The molecular formula is C13H19NO4. The molecule has 0 saturated heterocycles. The van der Waals surface area contributed by atoms with Crippen LogP contribution in [0.5, 0.6) is 5.75 Å². The molecule has 3 N–H and O–H groups in total. The maximum absolute atomic E-state index is 10.6. The minimum Gasteiger partial charge on any atom is -0.491 e. The SMILES string of the molecule is CC(C)NC[C@@H](O)COc1ccc(C(=O)O)cc1. The molecule has 0 aliphatic carbocycles. The number of hydrogen-bond acceptors (Lipinski definition) is 4. The number of rotatable bonds is 7. The Kier molecular flexibility index (Phi) is 5.61. The summed E-state index contributed by atoms with van der Waals surface area (Å²) in [6.45, 7) is 4.63. The summed E-state index contributed by atoms with van der Waals surface area (Å²) in [6.07, 6.45) is -0.591. The number of benzene rings is 1. The van der Waals surface area contributed by atoms with Crippen LogP contribution in [0.2, 0.25) is 0 Å². The van der Waals surface area contributed by atoms with Gasteiger partial charge in [0, 0.05) is 12.6 Å². The first-order valence-electron chi connectivity index (χ1n) is 5.86. The van der Waals surface area contributed by atoms with E-state index in [0.717, 1.165) is 0 Å². The van der Waals surface area contributed by atoms with Crippen LogP contribution in [-0.4, -0.2) is 41.5 Å². The van der Waals surface area contributed by atoms with E-state index in [-0.39, 0.29) is 12.2 Å². The molecule has 1 rings (SSSR count). The van der Waals surface area contributed by atoms with Gasteiger partial charge >= 0.3 is 5.97 Å². The third-order valence-corrected chi connectivity index (χ3v) is 2.31. The largest absolute Gasteiger partial charge is 0.491 e. The molecule has 0 aromatic heterocycles. The zero-order valence-corrected chi connectivity index (χ0v) is 10.6. The Morgan fingerprint density at radius 1 is 1.33 bits per heavy atom. The average Bonchev–Trinajstić information content (AvgIpc) is 2.34. The number of hydrogen-bond donors (Lipinski definition) is 3. The fraction of sp³-hybridized carbons (Fsp3) is 0.462. The summed E-state index contributed by atoms with van der Waals surface area (Å²) in [5, 5.41) is 21.4. The third-order valence-electron chi connectivity index (χ3n) is 2.31. The highest BCUT2D eigenvalue weighted by molar-refractivity contribution is 5.87. The van der Waals surface area contributed by atoms with Crippen LogP contribution in [0.15, 0.2) is 24.3 Å². The molecular weight excluding hydrogens is 234 g/mol. The zero-order valence-electron chi connectivity index (χ0n) is 10.6. The first kappa shape index (κ1) is 14.5. The van der Waals surface area contributed by atoms with E-state index in [9.17, 15) is 9.90 Å². The summed E-state index contributed by atoms with van der Waals surface area (Å²) in [5.74, 6) is -0.425. The fourth-order valence-electron chi connectivity index (χ4n) is 1.32. The highest BCUT2D eigenvalue weighted by Crippen LogP contribution is 2.12. The second kappa shape index (κ2) is 6.98. The lowest BCUT2D eigenvalue weighted by molar-refractivity contribution is 0.0696. The van der Waals surface area contributed by atoms with E-state index in [1.807, 2.05) is 13.8 Å². The van der Waals surface area contributed by atoms with Crippen LogP contribution in [0.25, 0.3) is 0 Å². The summed E-state index contributed by atoms with van der Waals surface area (Å²) in [5.41, 5.74) is 0.212. The van der Waals surface area contributed by atoms with Crippen molar-refractivity contribution < 1.29 is 19.7 Å². The monoisotopic (exact) mass is 253 g/mol. The summed E-state index contributed by atoms with van der Waals surface area (Å²) >= 11 is 0. The number of nitrogens with one attached hydrogen (secondary N) is 1. The minimum absolute atomic E-state index is 0.173. The zero-order chi connectivity index (χ0) is 13.5. The van der Waals surface area contributed by atoms with Crippen molar-refractivity contribution in [1.29, 1.82) is 0 Å². The van der Waals surface area contributed by atoms with Gasteiger partial charge in [-0.2, -0.15) is 0 Å². The summed E-state index contributed by atoms with van der Waals surface area (Å²) < 4.78 is 5.35. The highest BCUT2D eigenvalue weighted by Gasteiger charge is 2.07. The number of aliphatic hydroxyl groups is 1. The van der Waals surface area contributed by atoms with Gasteiger partial charge in [0.25, 0.3) is 0 Å². The average molecular weight is 253 g/mol. The van der Waals surface area contributed by atoms with Crippen molar-refractivity contribution >= 4 is 5.97 Å².